The lowest BCUT2D eigenvalue weighted by Crippen LogP contribution is -2.15. The zero-order valence-corrected chi connectivity index (χ0v) is 10.8. The molecule has 0 spiro atoms. The third kappa shape index (κ3) is 2.66. The normalized spacial score (nSPS) is 14.0. The summed E-state index contributed by atoms with van der Waals surface area (Å²) in [6.07, 6.45) is -2.16. The summed E-state index contributed by atoms with van der Waals surface area (Å²) in [4.78, 5) is 0. The van der Waals surface area contributed by atoms with E-state index in [1.165, 1.54) is 4.40 Å². The Bertz CT molecular complexity index is 593. The van der Waals surface area contributed by atoms with E-state index < -0.39 is 17.8 Å². The third-order valence-corrected chi connectivity index (χ3v) is 3.02. The maximum atomic E-state index is 12.7. The molecule has 0 amide bonds. The van der Waals surface area contributed by atoms with Gasteiger partial charge in [-0.15, -0.1) is 10.2 Å². The van der Waals surface area contributed by atoms with Crippen LogP contribution in [0.2, 0.25) is 5.02 Å². The fraction of sp³-hybridized carbons (Fsp3) is 0.455. The SMILES string of the molecule is CCCC(N)c1nnc2c(Cl)cc(C(F)(F)F)cn12. The lowest BCUT2D eigenvalue weighted by Gasteiger charge is -2.11. The third-order valence-electron chi connectivity index (χ3n) is 2.74. The highest BCUT2D eigenvalue weighted by atomic mass is 35.5. The second-order valence-electron chi connectivity index (χ2n) is 4.22. The number of aromatic nitrogens is 3. The molecule has 0 bridgehead atoms. The Kier molecular flexibility index (Phi) is 3.69. The minimum absolute atomic E-state index is 0.0997. The number of pyridine rings is 1. The van der Waals surface area contributed by atoms with Gasteiger partial charge in [0.05, 0.1) is 16.6 Å². The largest absolute Gasteiger partial charge is 0.417 e. The molecule has 0 aliphatic carbocycles. The number of hydrogen-bond donors (Lipinski definition) is 1. The van der Waals surface area contributed by atoms with E-state index in [1.54, 1.807) is 0 Å². The van der Waals surface area contributed by atoms with Gasteiger partial charge in [-0.05, 0) is 12.5 Å². The molecule has 19 heavy (non-hydrogen) atoms. The molecule has 104 valence electrons. The van der Waals surface area contributed by atoms with Crippen molar-refractivity contribution in [1.82, 2.24) is 14.6 Å². The maximum Gasteiger partial charge on any atom is 0.417 e. The predicted octanol–water partition coefficient (Wildman–Crippen LogP) is 3.20. The molecule has 1 unspecified atom stereocenters. The van der Waals surface area contributed by atoms with Gasteiger partial charge in [0.2, 0.25) is 0 Å². The molecule has 0 aliphatic heterocycles. The fourth-order valence-electron chi connectivity index (χ4n) is 1.82. The van der Waals surface area contributed by atoms with Gasteiger partial charge in [-0.3, -0.25) is 4.40 Å². The highest BCUT2D eigenvalue weighted by molar-refractivity contribution is 6.33. The minimum atomic E-state index is -4.48. The van der Waals surface area contributed by atoms with Crippen molar-refractivity contribution in [2.45, 2.75) is 32.0 Å². The standard InChI is InChI=1S/C11H12ClF3N4/c1-2-3-8(16)10-18-17-9-7(12)4-6(5-19(9)10)11(13,14)15/h4-5,8H,2-3,16H2,1H3. The van der Waals surface area contributed by atoms with Gasteiger partial charge in [-0.1, -0.05) is 24.9 Å². The van der Waals surface area contributed by atoms with E-state index in [0.29, 0.717) is 6.42 Å². The average Bonchev–Trinajstić information content (AvgIpc) is 2.72. The fourth-order valence-corrected chi connectivity index (χ4v) is 2.07. The first kappa shape index (κ1) is 14.1. The smallest absolute Gasteiger partial charge is 0.321 e. The Labute approximate surface area is 112 Å². The molecule has 1 atom stereocenters. The Morgan fingerprint density at radius 1 is 1.42 bits per heavy atom. The summed E-state index contributed by atoms with van der Waals surface area (Å²) >= 11 is 5.80. The van der Waals surface area contributed by atoms with E-state index in [4.69, 9.17) is 17.3 Å². The van der Waals surface area contributed by atoms with Gasteiger partial charge < -0.3 is 5.73 Å². The molecule has 2 aromatic rings. The second kappa shape index (κ2) is 4.97. The van der Waals surface area contributed by atoms with Crippen LogP contribution >= 0.6 is 11.6 Å². The first-order valence-corrected chi connectivity index (χ1v) is 6.09. The monoisotopic (exact) mass is 292 g/mol. The van der Waals surface area contributed by atoms with Crippen molar-refractivity contribution in [2.75, 3.05) is 0 Å². The van der Waals surface area contributed by atoms with E-state index in [1.807, 2.05) is 6.92 Å². The second-order valence-corrected chi connectivity index (χ2v) is 4.63. The van der Waals surface area contributed by atoms with Crippen LogP contribution in [0.3, 0.4) is 0 Å². The average molecular weight is 293 g/mol. The van der Waals surface area contributed by atoms with Gasteiger partial charge in [0.1, 0.15) is 0 Å². The number of halogens is 4. The first-order valence-electron chi connectivity index (χ1n) is 5.71. The van der Waals surface area contributed by atoms with E-state index >= 15 is 0 Å². The molecule has 0 aliphatic rings. The Morgan fingerprint density at radius 3 is 2.68 bits per heavy atom. The summed E-state index contributed by atoms with van der Waals surface area (Å²) in [5.74, 6) is 0.282. The highest BCUT2D eigenvalue weighted by Crippen LogP contribution is 2.32. The maximum absolute atomic E-state index is 12.7. The number of nitrogens with two attached hydrogens (primary N) is 1. The molecule has 2 aromatic heterocycles. The number of fused-ring (bicyclic) bond motifs is 1. The summed E-state index contributed by atoms with van der Waals surface area (Å²) in [7, 11) is 0. The van der Waals surface area contributed by atoms with E-state index in [9.17, 15) is 13.2 Å². The lowest BCUT2D eigenvalue weighted by atomic mass is 10.1. The molecular formula is C11H12ClF3N4. The topological polar surface area (TPSA) is 56.2 Å². The van der Waals surface area contributed by atoms with Crippen molar-refractivity contribution < 1.29 is 13.2 Å². The van der Waals surface area contributed by atoms with E-state index in [-0.39, 0.29) is 16.5 Å². The van der Waals surface area contributed by atoms with Crippen LogP contribution in [0.1, 0.15) is 37.2 Å². The molecule has 4 nitrogen and oxygen atoms in total. The predicted molar refractivity (Wildman–Crippen MR) is 64.8 cm³/mol. The summed E-state index contributed by atoms with van der Waals surface area (Å²) in [6, 6.07) is 0.361. The van der Waals surface area contributed by atoms with Crippen LogP contribution in [0.5, 0.6) is 0 Å². The first-order chi connectivity index (χ1) is 8.84. The van der Waals surface area contributed by atoms with Gasteiger partial charge in [-0.2, -0.15) is 13.2 Å². The molecule has 0 aromatic carbocycles. The van der Waals surface area contributed by atoms with Crippen molar-refractivity contribution in [2.24, 2.45) is 5.73 Å². The summed E-state index contributed by atoms with van der Waals surface area (Å²) in [6.45, 7) is 1.93. The van der Waals surface area contributed by atoms with Crippen molar-refractivity contribution in [1.29, 1.82) is 0 Å². The molecule has 0 saturated heterocycles. The molecule has 0 saturated carbocycles. The van der Waals surface area contributed by atoms with Crippen LogP contribution < -0.4 is 5.73 Å². The Balaban J connectivity index is 2.60. The number of nitrogens with zero attached hydrogens (tertiary/aromatic N) is 3. The van der Waals surface area contributed by atoms with Gasteiger partial charge >= 0.3 is 6.18 Å². The Morgan fingerprint density at radius 2 is 2.11 bits per heavy atom. The van der Waals surface area contributed by atoms with Crippen molar-refractivity contribution in [3.63, 3.8) is 0 Å². The summed E-state index contributed by atoms with van der Waals surface area (Å²) < 4.78 is 39.4. The molecule has 2 N–H and O–H groups in total. The summed E-state index contributed by atoms with van der Waals surface area (Å²) in [5, 5.41) is 7.51. The molecular weight excluding hydrogens is 281 g/mol. The van der Waals surface area contributed by atoms with Gasteiger partial charge in [0.25, 0.3) is 0 Å². The van der Waals surface area contributed by atoms with Gasteiger partial charge in [0.15, 0.2) is 11.5 Å². The van der Waals surface area contributed by atoms with Crippen LogP contribution in [-0.2, 0) is 6.18 Å². The lowest BCUT2D eigenvalue weighted by molar-refractivity contribution is -0.137. The minimum Gasteiger partial charge on any atom is -0.321 e. The quantitative estimate of drug-likeness (QED) is 0.945. The zero-order valence-electron chi connectivity index (χ0n) is 10.1. The van der Waals surface area contributed by atoms with E-state index in [2.05, 4.69) is 10.2 Å². The van der Waals surface area contributed by atoms with Crippen LogP contribution in [-0.4, -0.2) is 14.6 Å². The van der Waals surface area contributed by atoms with Crippen LogP contribution in [0.15, 0.2) is 12.3 Å². The molecule has 2 heterocycles. The number of hydrogen-bond acceptors (Lipinski definition) is 3. The molecule has 2 rings (SSSR count). The van der Waals surface area contributed by atoms with Gasteiger partial charge in [0, 0.05) is 6.20 Å². The zero-order chi connectivity index (χ0) is 14.2. The van der Waals surface area contributed by atoms with Crippen molar-refractivity contribution in [3.8, 4) is 0 Å². The highest BCUT2D eigenvalue weighted by Gasteiger charge is 2.32. The van der Waals surface area contributed by atoms with Crippen molar-refractivity contribution in [3.05, 3.63) is 28.7 Å². The summed E-state index contributed by atoms with van der Waals surface area (Å²) in [5.41, 5.74) is 5.20. The van der Waals surface area contributed by atoms with E-state index in [0.717, 1.165) is 18.7 Å². The molecule has 8 heteroatoms. The number of alkyl halides is 3. The molecule has 0 radical (unpaired) electrons. The van der Waals surface area contributed by atoms with Crippen LogP contribution in [0.25, 0.3) is 5.65 Å². The molecule has 0 fully saturated rings. The Hall–Kier alpha value is -1.34. The van der Waals surface area contributed by atoms with Crippen LogP contribution in [0.4, 0.5) is 13.2 Å². The van der Waals surface area contributed by atoms with Crippen LogP contribution in [0, 0.1) is 0 Å². The number of rotatable bonds is 3. The van der Waals surface area contributed by atoms with Gasteiger partial charge in [-0.25, -0.2) is 0 Å². The van der Waals surface area contributed by atoms with Crippen molar-refractivity contribution >= 4 is 17.2 Å².